The second-order valence-corrected chi connectivity index (χ2v) is 4.34. The molecule has 1 heterocycles. The van der Waals surface area contributed by atoms with Crippen LogP contribution in [0.4, 0.5) is 4.39 Å². The number of nitrogens with zero attached hydrogens (tertiary/aromatic N) is 1. The lowest BCUT2D eigenvalue weighted by Gasteiger charge is -2.11. The maximum absolute atomic E-state index is 13.3. The number of hydrogen-bond donors (Lipinski definition) is 2. The number of aromatic nitrogens is 1. The molecular weight excluding hydrogens is 259 g/mol. The van der Waals surface area contributed by atoms with Gasteiger partial charge in [0.1, 0.15) is 5.82 Å². The monoisotopic (exact) mass is 274 g/mol. The molecule has 0 aliphatic heterocycles. The van der Waals surface area contributed by atoms with Crippen molar-refractivity contribution in [2.24, 2.45) is 0 Å². The molecule has 0 aliphatic carbocycles. The Bertz CT molecular complexity index is 575. The summed E-state index contributed by atoms with van der Waals surface area (Å²) in [7, 11) is 0. The highest BCUT2D eigenvalue weighted by atomic mass is 19.1. The van der Waals surface area contributed by atoms with Crippen LogP contribution in [0.15, 0.2) is 48.7 Å². The quantitative estimate of drug-likeness (QED) is 0.876. The first-order valence-corrected chi connectivity index (χ1v) is 6.26. The highest BCUT2D eigenvalue weighted by Gasteiger charge is 2.13. The summed E-state index contributed by atoms with van der Waals surface area (Å²) in [6.07, 6.45) is 0.520. The van der Waals surface area contributed by atoms with Crippen LogP contribution in [0.5, 0.6) is 0 Å². The molecule has 1 unspecified atom stereocenters. The summed E-state index contributed by atoms with van der Waals surface area (Å²) in [6.45, 7) is 0.00696. The van der Waals surface area contributed by atoms with Gasteiger partial charge in [0.2, 0.25) is 5.91 Å². The Morgan fingerprint density at radius 3 is 2.70 bits per heavy atom. The Morgan fingerprint density at radius 1 is 1.25 bits per heavy atom. The molecule has 20 heavy (non-hydrogen) atoms. The van der Waals surface area contributed by atoms with Gasteiger partial charge in [-0.2, -0.15) is 0 Å². The Kier molecular flexibility index (Phi) is 4.79. The Morgan fingerprint density at radius 2 is 2.00 bits per heavy atom. The summed E-state index contributed by atoms with van der Waals surface area (Å²) in [5.41, 5.74) is 0.849. The van der Waals surface area contributed by atoms with Gasteiger partial charge in [-0.15, -0.1) is 0 Å². The molecule has 0 aliphatic rings. The third-order valence-electron chi connectivity index (χ3n) is 2.85. The number of nitrogens with one attached hydrogen (secondary N) is 1. The van der Waals surface area contributed by atoms with E-state index in [1.54, 1.807) is 24.3 Å². The summed E-state index contributed by atoms with van der Waals surface area (Å²) in [5, 5.41) is 12.4. The van der Waals surface area contributed by atoms with E-state index in [4.69, 9.17) is 0 Å². The fourth-order valence-electron chi connectivity index (χ4n) is 1.77. The fourth-order valence-corrected chi connectivity index (χ4v) is 1.77. The van der Waals surface area contributed by atoms with E-state index in [1.807, 2.05) is 6.07 Å². The second-order valence-electron chi connectivity index (χ2n) is 4.34. The maximum Gasteiger partial charge on any atom is 0.223 e. The summed E-state index contributed by atoms with van der Waals surface area (Å²) in [5.74, 6) is -0.817. The van der Waals surface area contributed by atoms with Crippen molar-refractivity contribution in [2.45, 2.75) is 19.1 Å². The van der Waals surface area contributed by atoms with Crippen LogP contribution >= 0.6 is 0 Å². The number of rotatable bonds is 5. The topological polar surface area (TPSA) is 62.2 Å². The van der Waals surface area contributed by atoms with Crippen LogP contribution in [0, 0.1) is 5.82 Å². The molecule has 0 saturated heterocycles. The van der Waals surface area contributed by atoms with E-state index in [0.717, 1.165) is 0 Å². The van der Waals surface area contributed by atoms with Crippen LogP contribution < -0.4 is 5.32 Å². The normalized spacial score (nSPS) is 11.9. The van der Waals surface area contributed by atoms with Crippen molar-refractivity contribution >= 4 is 5.91 Å². The van der Waals surface area contributed by atoms with E-state index in [-0.39, 0.29) is 24.6 Å². The second kappa shape index (κ2) is 6.77. The predicted octanol–water partition coefficient (Wildman–Crippen LogP) is 1.96. The number of pyridine rings is 1. The average Bonchev–Trinajstić information content (AvgIpc) is 2.47. The number of benzene rings is 1. The minimum atomic E-state index is -0.871. The number of amides is 1. The number of halogens is 1. The van der Waals surface area contributed by atoms with E-state index >= 15 is 0 Å². The van der Waals surface area contributed by atoms with E-state index in [0.29, 0.717) is 5.56 Å². The maximum atomic E-state index is 13.3. The molecule has 104 valence electrons. The summed E-state index contributed by atoms with van der Waals surface area (Å²) in [4.78, 5) is 15.5. The van der Waals surface area contributed by atoms with Gasteiger partial charge in [-0.3, -0.25) is 9.78 Å². The Balaban J connectivity index is 1.86. The standard InChI is InChI=1S/C15H15FN2O2/c16-12-7-4-8-17-13(12)10-18-15(20)9-14(19)11-5-2-1-3-6-11/h1-8,14,19H,9-10H2,(H,18,20). The number of carbonyl (C=O) groups excluding carboxylic acids is 1. The van der Waals surface area contributed by atoms with Crippen molar-refractivity contribution in [1.29, 1.82) is 0 Å². The summed E-state index contributed by atoms with van der Waals surface area (Å²) in [6, 6.07) is 11.7. The molecule has 0 saturated carbocycles. The molecule has 2 rings (SSSR count). The highest BCUT2D eigenvalue weighted by molar-refractivity contribution is 5.76. The van der Waals surface area contributed by atoms with E-state index < -0.39 is 11.9 Å². The van der Waals surface area contributed by atoms with E-state index in [1.165, 1.54) is 18.3 Å². The molecule has 2 N–H and O–H groups in total. The lowest BCUT2D eigenvalue weighted by molar-refractivity contribution is -0.123. The van der Waals surface area contributed by atoms with Gasteiger partial charge in [-0.05, 0) is 17.7 Å². The first kappa shape index (κ1) is 14.1. The lowest BCUT2D eigenvalue weighted by Crippen LogP contribution is -2.25. The zero-order chi connectivity index (χ0) is 14.4. The Labute approximate surface area is 116 Å². The van der Waals surface area contributed by atoms with Crippen molar-refractivity contribution in [3.05, 3.63) is 65.7 Å². The minimum Gasteiger partial charge on any atom is -0.388 e. The molecule has 0 spiro atoms. The third-order valence-corrected chi connectivity index (χ3v) is 2.85. The van der Waals surface area contributed by atoms with Crippen LogP contribution in [0.1, 0.15) is 23.8 Å². The lowest BCUT2D eigenvalue weighted by atomic mass is 10.1. The fraction of sp³-hybridized carbons (Fsp3) is 0.200. The first-order valence-electron chi connectivity index (χ1n) is 6.26. The smallest absolute Gasteiger partial charge is 0.223 e. The predicted molar refractivity (Wildman–Crippen MR) is 72.1 cm³/mol. The molecule has 2 aromatic rings. The molecule has 1 aromatic heterocycles. The zero-order valence-corrected chi connectivity index (χ0v) is 10.8. The molecule has 0 radical (unpaired) electrons. The van der Waals surface area contributed by atoms with Crippen LogP contribution in [0.2, 0.25) is 0 Å². The Hall–Kier alpha value is -2.27. The van der Waals surface area contributed by atoms with Crippen LogP contribution in [-0.4, -0.2) is 16.0 Å². The van der Waals surface area contributed by atoms with Crippen LogP contribution in [-0.2, 0) is 11.3 Å². The molecule has 5 heteroatoms. The van der Waals surface area contributed by atoms with E-state index in [9.17, 15) is 14.3 Å². The number of aliphatic hydroxyl groups excluding tert-OH is 1. The molecule has 0 bridgehead atoms. The minimum absolute atomic E-state index is 0.00696. The average molecular weight is 274 g/mol. The third kappa shape index (κ3) is 3.86. The molecule has 0 fully saturated rings. The van der Waals surface area contributed by atoms with Crippen LogP contribution in [0.25, 0.3) is 0 Å². The van der Waals surface area contributed by atoms with Gasteiger partial charge >= 0.3 is 0 Å². The van der Waals surface area contributed by atoms with Gasteiger partial charge in [0.25, 0.3) is 0 Å². The van der Waals surface area contributed by atoms with Crippen molar-refractivity contribution < 1.29 is 14.3 Å². The van der Waals surface area contributed by atoms with Gasteiger partial charge in [0.15, 0.2) is 0 Å². The molecule has 4 nitrogen and oxygen atoms in total. The van der Waals surface area contributed by atoms with Crippen molar-refractivity contribution in [3.8, 4) is 0 Å². The van der Waals surface area contributed by atoms with Crippen molar-refractivity contribution in [1.82, 2.24) is 10.3 Å². The number of aliphatic hydroxyl groups is 1. The van der Waals surface area contributed by atoms with Crippen LogP contribution in [0.3, 0.4) is 0 Å². The molecule has 1 aromatic carbocycles. The van der Waals surface area contributed by atoms with Gasteiger partial charge in [0.05, 0.1) is 24.8 Å². The SMILES string of the molecule is O=C(CC(O)c1ccccc1)NCc1ncccc1F. The number of carbonyl (C=O) groups is 1. The first-order chi connectivity index (χ1) is 9.66. The van der Waals surface area contributed by atoms with E-state index in [2.05, 4.69) is 10.3 Å². The molecule has 1 amide bonds. The van der Waals surface area contributed by atoms with Gasteiger partial charge in [-0.25, -0.2) is 4.39 Å². The largest absolute Gasteiger partial charge is 0.388 e. The van der Waals surface area contributed by atoms with Crippen molar-refractivity contribution in [2.75, 3.05) is 0 Å². The van der Waals surface area contributed by atoms with Crippen molar-refractivity contribution in [3.63, 3.8) is 0 Å². The summed E-state index contributed by atoms with van der Waals surface area (Å²) >= 11 is 0. The van der Waals surface area contributed by atoms with Gasteiger partial charge in [0, 0.05) is 6.20 Å². The molecular formula is C15H15FN2O2. The number of hydrogen-bond acceptors (Lipinski definition) is 3. The summed E-state index contributed by atoms with van der Waals surface area (Å²) < 4.78 is 13.3. The molecule has 1 atom stereocenters. The van der Waals surface area contributed by atoms with Gasteiger partial charge in [-0.1, -0.05) is 30.3 Å². The van der Waals surface area contributed by atoms with Gasteiger partial charge < -0.3 is 10.4 Å². The zero-order valence-electron chi connectivity index (χ0n) is 10.8. The highest BCUT2D eigenvalue weighted by Crippen LogP contribution is 2.15.